The summed E-state index contributed by atoms with van der Waals surface area (Å²) < 4.78 is 15.1. The number of nitriles is 1. The summed E-state index contributed by atoms with van der Waals surface area (Å²) in [5.74, 6) is -0.292. The van der Waals surface area contributed by atoms with Gasteiger partial charge in [0.25, 0.3) is 0 Å². The van der Waals surface area contributed by atoms with E-state index in [-0.39, 0.29) is 5.82 Å². The molecule has 0 amide bonds. The number of fused-ring (bicyclic) bond motifs is 1. The molecule has 0 aliphatic rings. The molecule has 0 saturated carbocycles. The number of aromatic nitrogens is 2. The fraction of sp³-hybridized carbons (Fsp3) is 0. The summed E-state index contributed by atoms with van der Waals surface area (Å²) >= 11 is 0. The average Bonchev–Trinajstić information content (AvgIpc) is 3.07. The molecule has 124 valence electrons. The first-order valence-electron chi connectivity index (χ1n) is 8.17. The lowest BCUT2D eigenvalue weighted by molar-refractivity contribution is 0.627. The van der Waals surface area contributed by atoms with E-state index in [4.69, 9.17) is 5.10 Å². The Hall–Kier alpha value is -3.71. The van der Waals surface area contributed by atoms with Gasteiger partial charge in [0.1, 0.15) is 11.5 Å². The van der Waals surface area contributed by atoms with Gasteiger partial charge in [-0.2, -0.15) is 10.4 Å². The minimum absolute atomic E-state index is 0.292. The first-order chi connectivity index (χ1) is 12.8. The monoisotopic (exact) mass is 339 g/mol. The van der Waals surface area contributed by atoms with E-state index in [1.165, 1.54) is 18.2 Å². The molecule has 4 heteroatoms. The van der Waals surface area contributed by atoms with Gasteiger partial charge < -0.3 is 0 Å². The van der Waals surface area contributed by atoms with Crippen LogP contribution in [0.4, 0.5) is 4.39 Å². The Morgan fingerprint density at radius 3 is 2.35 bits per heavy atom. The Labute approximate surface area is 150 Å². The highest BCUT2D eigenvalue weighted by Gasteiger charge is 2.16. The molecule has 0 radical (unpaired) electrons. The second-order valence-electron chi connectivity index (χ2n) is 5.81. The van der Waals surface area contributed by atoms with E-state index >= 15 is 0 Å². The van der Waals surface area contributed by atoms with E-state index < -0.39 is 0 Å². The van der Waals surface area contributed by atoms with Crippen LogP contribution in [0.5, 0.6) is 0 Å². The topological polar surface area (TPSA) is 41.6 Å². The molecule has 26 heavy (non-hydrogen) atoms. The first-order valence-corrected chi connectivity index (χ1v) is 8.17. The molecule has 0 saturated heterocycles. The van der Waals surface area contributed by atoms with Crippen molar-refractivity contribution in [1.29, 1.82) is 5.26 Å². The van der Waals surface area contributed by atoms with Gasteiger partial charge in [-0.25, -0.2) is 9.07 Å². The minimum atomic E-state index is -0.292. The highest BCUT2D eigenvalue weighted by Crippen LogP contribution is 2.30. The summed E-state index contributed by atoms with van der Waals surface area (Å²) in [6, 6.07) is 25.8. The van der Waals surface area contributed by atoms with Crippen molar-refractivity contribution in [2.45, 2.75) is 0 Å². The molecule has 0 aliphatic heterocycles. The Balaban J connectivity index is 1.98. The van der Waals surface area contributed by atoms with Gasteiger partial charge in [-0.15, -0.1) is 0 Å². The standard InChI is InChI=1S/C22H14FN3/c23-17-10-12-18(13-11-17)26-21-9-5-4-8-20(21)22(25-26)19(14-15-24)16-6-2-1-3-7-16/h1-14H. The van der Waals surface area contributed by atoms with Crippen molar-refractivity contribution >= 4 is 16.5 Å². The van der Waals surface area contributed by atoms with Crippen LogP contribution in [-0.4, -0.2) is 9.78 Å². The normalized spacial score (nSPS) is 11.5. The van der Waals surface area contributed by atoms with E-state index in [1.54, 1.807) is 16.8 Å². The van der Waals surface area contributed by atoms with Crippen molar-refractivity contribution < 1.29 is 4.39 Å². The minimum Gasteiger partial charge on any atom is -0.232 e. The number of hydrogen-bond donors (Lipinski definition) is 0. The van der Waals surface area contributed by atoms with Crippen LogP contribution in [0, 0.1) is 17.1 Å². The summed E-state index contributed by atoms with van der Waals surface area (Å²) in [5, 5.41) is 15.0. The van der Waals surface area contributed by atoms with Crippen LogP contribution in [0.3, 0.4) is 0 Å². The van der Waals surface area contributed by atoms with E-state index in [0.717, 1.165) is 33.4 Å². The molecule has 0 fully saturated rings. The number of benzene rings is 3. The lowest BCUT2D eigenvalue weighted by atomic mass is 10.00. The second-order valence-corrected chi connectivity index (χ2v) is 5.81. The van der Waals surface area contributed by atoms with E-state index in [2.05, 4.69) is 6.07 Å². The molecular weight excluding hydrogens is 325 g/mol. The van der Waals surface area contributed by atoms with Gasteiger partial charge in [0.15, 0.2) is 0 Å². The zero-order valence-corrected chi connectivity index (χ0v) is 13.8. The Bertz CT molecular complexity index is 1130. The molecule has 3 aromatic carbocycles. The third-order valence-electron chi connectivity index (χ3n) is 4.21. The van der Waals surface area contributed by atoms with Crippen molar-refractivity contribution in [2.24, 2.45) is 0 Å². The van der Waals surface area contributed by atoms with Crippen molar-refractivity contribution in [3.05, 3.63) is 102 Å². The van der Waals surface area contributed by atoms with E-state index in [1.807, 2.05) is 54.6 Å². The molecule has 0 N–H and O–H groups in total. The first kappa shape index (κ1) is 15.8. The summed E-state index contributed by atoms with van der Waals surface area (Å²) in [7, 11) is 0. The predicted octanol–water partition coefficient (Wildman–Crippen LogP) is 5.12. The maximum atomic E-state index is 13.3. The lowest BCUT2D eigenvalue weighted by Crippen LogP contribution is -1.97. The molecule has 0 aliphatic carbocycles. The lowest BCUT2D eigenvalue weighted by Gasteiger charge is -2.04. The Morgan fingerprint density at radius 1 is 0.923 bits per heavy atom. The smallest absolute Gasteiger partial charge is 0.123 e. The molecule has 4 aromatic rings. The Kier molecular flexibility index (Phi) is 4.04. The predicted molar refractivity (Wildman–Crippen MR) is 100 cm³/mol. The summed E-state index contributed by atoms with van der Waals surface area (Å²) in [6.07, 6.45) is 1.51. The third-order valence-corrected chi connectivity index (χ3v) is 4.21. The number of nitrogens with zero attached hydrogens (tertiary/aromatic N) is 3. The number of rotatable bonds is 3. The summed E-state index contributed by atoms with van der Waals surface area (Å²) in [6.45, 7) is 0. The third kappa shape index (κ3) is 2.76. The van der Waals surface area contributed by atoms with Crippen LogP contribution < -0.4 is 0 Å². The van der Waals surface area contributed by atoms with Crippen molar-refractivity contribution in [2.75, 3.05) is 0 Å². The molecule has 1 aromatic heterocycles. The van der Waals surface area contributed by atoms with Gasteiger partial charge in [-0.1, -0.05) is 48.5 Å². The molecule has 0 spiro atoms. The molecule has 4 rings (SSSR count). The zero-order valence-electron chi connectivity index (χ0n) is 13.8. The maximum absolute atomic E-state index is 13.3. The quantitative estimate of drug-likeness (QED) is 0.486. The SMILES string of the molecule is N#CC=C(c1ccccc1)c1nn(-c2ccc(F)cc2)c2ccccc12. The maximum Gasteiger partial charge on any atom is 0.123 e. The van der Waals surface area contributed by atoms with Crippen molar-refractivity contribution in [3.63, 3.8) is 0 Å². The van der Waals surface area contributed by atoms with Crippen LogP contribution in [0.2, 0.25) is 0 Å². The second kappa shape index (κ2) is 6.66. The van der Waals surface area contributed by atoms with E-state index in [9.17, 15) is 9.65 Å². The van der Waals surface area contributed by atoms with Crippen molar-refractivity contribution in [3.8, 4) is 11.8 Å². The van der Waals surface area contributed by atoms with Crippen molar-refractivity contribution in [1.82, 2.24) is 9.78 Å². The van der Waals surface area contributed by atoms with Crippen LogP contribution in [-0.2, 0) is 0 Å². The summed E-state index contributed by atoms with van der Waals surface area (Å²) in [4.78, 5) is 0. The summed E-state index contributed by atoms with van der Waals surface area (Å²) in [5.41, 5.74) is 4.05. The molecule has 0 atom stereocenters. The van der Waals surface area contributed by atoms with Gasteiger partial charge in [-0.3, -0.25) is 0 Å². The van der Waals surface area contributed by atoms with Gasteiger partial charge in [-0.05, 0) is 35.9 Å². The molecule has 3 nitrogen and oxygen atoms in total. The van der Waals surface area contributed by atoms with Crippen LogP contribution >= 0.6 is 0 Å². The number of allylic oxidation sites excluding steroid dienone is 1. The van der Waals surface area contributed by atoms with Crippen LogP contribution in [0.15, 0.2) is 84.9 Å². The van der Waals surface area contributed by atoms with Crippen LogP contribution in [0.1, 0.15) is 11.3 Å². The molecule has 0 bridgehead atoms. The largest absolute Gasteiger partial charge is 0.232 e. The van der Waals surface area contributed by atoms with Gasteiger partial charge in [0.05, 0.1) is 17.3 Å². The number of hydrogen-bond acceptors (Lipinski definition) is 2. The van der Waals surface area contributed by atoms with Gasteiger partial charge in [0.2, 0.25) is 0 Å². The molecular formula is C22H14FN3. The average molecular weight is 339 g/mol. The highest BCUT2D eigenvalue weighted by molar-refractivity contribution is 5.96. The van der Waals surface area contributed by atoms with Gasteiger partial charge >= 0.3 is 0 Å². The van der Waals surface area contributed by atoms with Gasteiger partial charge in [0, 0.05) is 17.0 Å². The number of halogens is 1. The van der Waals surface area contributed by atoms with Crippen LogP contribution in [0.25, 0.3) is 22.2 Å². The van der Waals surface area contributed by atoms with E-state index in [0.29, 0.717) is 0 Å². The fourth-order valence-electron chi connectivity index (χ4n) is 3.02. The highest BCUT2D eigenvalue weighted by atomic mass is 19.1. The fourth-order valence-corrected chi connectivity index (χ4v) is 3.02. The molecule has 0 unspecified atom stereocenters. The zero-order chi connectivity index (χ0) is 17.9. The molecule has 1 heterocycles. The Morgan fingerprint density at radius 2 is 1.62 bits per heavy atom. The number of para-hydroxylation sites is 1.